The van der Waals surface area contributed by atoms with Crippen molar-refractivity contribution in [1.82, 2.24) is 0 Å². The molecule has 0 atom stereocenters. The van der Waals surface area contributed by atoms with Crippen LogP contribution in [-0.4, -0.2) is 16.3 Å². The van der Waals surface area contributed by atoms with Crippen molar-refractivity contribution < 1.29 is 0 Å². The normalized spacial score (nSPS) is 15.1. The highest BCUT2D eigenvalue weighted by Crippen LogP contribution is 2.64. The Morgan fingerprint density at radius 1 is 0.571 bits per heavy atom. The van der Waals surface area contributed by atoms with Crippen molar-refractivity contribution in [2.45, 2.75) is 31.8 Å². The molecule has 1 rings (SSSR count). The SMILES string of the molecule is C[CH]c1c(C(Cl)(Cl)C(Cl)(Cl)C(Cl)(Cl)Cl)cccc1C(Cl)(Cl)C(Cl)(Cl)C(Cl)(Cl)Cl. The van der Waals surface area contributed by atoms with E-state index in [1.54, 1.807) is 6.92 Å². The lowest BCUT2D eigenvalue weighted by atomic mass is 9.92. The van der Waals surface area contributed by atoms with Gasteiger partial charge in [-0.3, -0.25) is 0 Å². The molecule has 14 heteroatoms. The Bertz CT molecular complexity index is 653. The molecule has 0 N–H and O–H groups in total. The van der Waals surface area contributed by atoms with Crippen LogP contribution in [0.2, 0.25) is 0 Å². The molecule has 0 aromatic heterocycles. The smallest absolute Gasteiger partial charge is 0.0930 e. The predicted octanol–water partition coefficient (Wildman–Crippen LogP) is 10.6. The third kappa shape index (κ3) is 5.17. The lowest BCUT2D eigenvalue weighted by Crippen LogP contribution is -2.47. The van der Waals surface area contributed by atoms with Gasteiger partial charge < -0.3 is 0 Å². The standard InChI is InChI=1S/C14H7Cl14/c1-2-6-7(9(15,16)11(19,20)13(23,24)25)4-3-5-8(6)10(17,18)12(21,22)14(26,27)28/h2-5H,1H3. The molecule has 0 aliphatic heterocycles. The van der Waals surface area contributed by atoms with E-state index in [0.717, 1.165) is 0 Å². The summed E-state index contributed by atoms with van der Waals surface area (Å²) >= 11 is 85.8. The van der Waals surface area contributed by atoms with E-state index in [9.17, 15) is 0 Å². The molecule has 0 unspecified atom stereocenters. The van der Waals surface area contributed by atoms with Crippen molar-refractivity contribution in [2.24, 2.45) is 0 Å². The van der Waals surface area contributed by atoms with Gasteiger partial charge in [0.05, 0.1) is 0 Å². The third-order valence-electron chi connectivity index (χ3n) is 3.57. The second-order valence-corrected chi connectivity index (χ2v) is 15.2. The number of rotatable bonds is 5. The molecule has 0 nitrogen and oxygen atoms in total. The molecule has 0 saturated carbocycles. The molecule has 0 heterocycles. The Balaban J connectivity index is 3.81. The molecule has 1 aromatic rings. The second kappa shape index (κ2) is 9.50. The van der Waals surface area contributed by atoms with Crippen molar-refractivity contribution in [3.8, 4) is 0 Å². The first kappa shape index (κ1) is 29.3. The zero-order valence-corrected chi connectivity index (χ0v) is 23.7. The molecular formula is C14H7Cl14. The highest BCUT2D eigenvalue weighted by Gasteiger charge is 2.63. The maximum Gasteiger partial charge on any atom is 0.226 e. The van der Waals surface area contributed by atoms with Gasteiger partial charge in [0.1, 0.15) is 0 Å². The maximum absolute atomic E-state index is 6.45. The molecule has 0 aliphatic carbocycles. The van der Waals surface area contributed by atoms with Crippen molar-refractivity contribution in [3.05, 3.63) is 41.3 Å². The summed E-state index contributed by atoms with van der Waals surface area (Å²) in [6.45, 7) is 1.61. The van der Waals surface area contributed by atoms with Crippen molar-refractivity contribution in [2.75, 3.05) is 0 Å². The van der Waals surface area contributed by atoms with Crippen LogP contribution in [0.1, 0.15) is 23.6 Å². The van der Waals surface area contributed by atoms with Gasteiger partial charge in [0.15, 0.2) is 8.67 Å². The summed E-state index contributed by atoms with van der Waals surface area (Å²) in [4.78, 5) is 0. The first-order valence-electron chi connectivity index (χ1n) is 6.76. The monoisotopic (exact) mass is 665 g/mol. The average Bonchev–Trinajstić information content (AvgIpc) is 2.51. The largest absolute Gasteiger partial charge is 0.226 e. The fourth-order valence-corrected chi connectivity index (χ4v) is 5.18. The van der Waals surface area contributed by atoms with Crippen LogP contribution in [0.3, 0.4) is 0 Å². The molecular weight excluding hydrogens is 664 g/mol. The summed E-state index contributed by atoms with van der Waals surface area (Å²) in [5, 5.41) is 0. The van der Waals surface area contributed by atoms with Crippen LogP contribution in [0, 0.1) is 6.42 Å². The number of hydrogen-bond acceptors (Lipinski definition) is 0. The zero-order chi connectivity index (χ0) is 22.6. The third-order valence-corrected chi connectivity index (χ3v) is 11.4. The molecule has 0 saturated heterocycles. The molecule has 1 radical (unpaired) electrons. The Morgan fingerprint density at radius 2 is 0.857 bits per heavy atom. The first-order valence-corrected chi connectivity index (χ1v) is 12.0. The first-order chi connectivity index (χ1) is 12.2. The second-order valence-electron chi connectivity index (χ2n) is 5.35. The minimum absolute atomic E-state index is 0.0753. The summed E-state index contributed by atoms with van der Waals surface area (Å²) in [5.74, 6) is 0. The molecule has 161 valence electrons. The van der Waals surface area contributed by atoms with E-state index in [1.807, 2.05) is 0 Å². The summed E-state index contributed by atoms with van der Waals surface area (Å²) in [6.07, 6.45) is 1.52. The molecule has 0 bridgehead atoms. The van der Waals surface area contributed by atoms with Crippen LogP contribution in [0.25, 0.3) is 0 Å². The number of alkyl halides is 14. The van der Waals surface area contributed by atoms with Crippen molar-refractivity contribution >= 4 is 162 Å². The molecule has 0 spiro atoms. The van der Waals surface area contributed by atoms with Gasteiger partial charge in [-0.1, -0.05) is 188 Å². The van der Waals surface area contributed by atoms with Crippen LogP contribution in [-0.2, 0) is 8.67 Å². The highest BCUT2D eigenvalue weighted by molar-refractivity contribution is 6.79. The van der Waals surface area contributed by atoms with E-state index in [4.69, 9.17) is 162 Å². The van der Waals surface area contributed by atoms with E-state index in [1.165, 1.54) is 24.6 Å². The van der Waals surface area contributed by atoms with E-state index in [0.29, 0.717) is 0 Å². The quantitative estimate of drug-likeness (QED) is 0.274. The van der Waals surface area contributed by atoms with Gasteiger partial charge in [-0.2, -0.15) is 0 Å². The minimum Gasteiger partial charge on any atom is -0.0930 e. The summed E-state index contributed by atoms with van der Waals surface area (Å²) in [6, 6.07) is 4.37. The van der Waals surface area contributed by atoms with Gasteiger partial charge >= 0.3 is 0 Å². The van der Waals surface area contributed by atoms with Crippen molar-refractivity contribution in [1.29, 1.82) is 0 Å². The minimum atomic E-state index is -2.32. The van der Waals surface area contributed by atoms with Crippen molar-refractivity contribution in [3.63, 3.8) is 0 Å². The zero-order valence-electron chi connectivity index (χ0n) is 13.1. The van der Waals surface area contributed by atoms with Gasteiger partial charge in [-0.05, 0) is 23.1 Å². The summed E-state index contributed by atoms with van der Waals surface area (Å²) < 4.78 is -13.6. The van der Waals surface area contributed by atoms with Gasteiger partial charge in [-0.25, -0.2) is 0 Å². The van der Waals surface area contributed by atoms with E-state index >= 15 is 0 Å². The Hall–Kier alpha value is 3.28. The highest BCUT2D eigenvalue weighted by atomic mass is 35.6. The van der Waals surface area contributed by atoms with Gasteiger partial charge in [0.25, 0.3) is 0 Å². The molecule has 1 aromatic carbocycles. The lowest BCUT2D eigenvalue weighted by Gasteiger charge is -2.41. The average molecular weight is 672 g/mol. The molecule has 0 aliphatic rings. The predicted molar refractivity (Wildman–Crippen MR) is 132 cm³/mol. The number of halogens is 14. The van der Waals surface area contributed by atoms with E-state index < -0.39 is 24.9 Å². The topological polar surface area (TPSA) is 0 Å². The lowest BCUT2D eigenvalue weighted by molar-refractivity contribution is 0.675. The Kier molecular flexibility index (Phi) is 9.94. The maximum atomic E-state index is 6.45. The number of hydrogen-bond donors (Lipinski definition) is 0. The van der Waals surface area contributed by atoms with Gasteiger partial charge in [-0.15, -0.1) is 0 Å². The summed E-state index contributed by atoms with van der Waals surface area (Å²) in [5.41, 5.74) is 0.370. The van der Waals surface area contributed by atoms with Crippen LogP contribution in [0.15, 0.2) is 18.2 Å². The molecule has 28 heavy (non-hydrogen) atoms. The number of benzene rings is 1. The fraction of sp³-hybridized carbons (Fsp3) is 0.500. The Labute approximate surface area is 233 Å². The Morgan fingerprint density at radius 3 is 1.07 bits per heavy atom. The van der Waals surface area contributed by atoms with Crippen LogP contribution < -0.4 is 0 Å². The van der Waals surface area contributed by atoms with Crippen LogP contribution in [0.5, 0.6) is 0 Å². The van der Waals surface area contributed by atoms with Gasteiger partial charge in [0, 0.05) is 0 Å². The van der Waals surface area contributed by atoms with E-state index in [2.05, 4.69) is 0 Å². The fourth-order valence-electron chi connectivity index (χ4n) is 2.12. The molecule has 0 fully saturated rings. The van der Waals surface area contributed by atoms with Crippen LogP contribution in [0.4, 0.5) is 0 Å². The van der Waals surface area contributed by atoms with Crippen LogP contribution >= 0.6 is 162 Å². The summed E-state index contributed by atoms with van der Waals surface area (Å²) in [7, 11) is 0. The van der Waals surface area contributed by atoms with Gasteiger partial charge in [0.2, 0.25) is 16.3 Å². The molecule has 0 amide bonds. The van der Waals surface area contributed by atoms with E-state index in [-0.39, 0.29) is 16.7 Å².